The minimum Gasteiger partial charge on any atom is -0.379 e. The number of nitrogens with one attached hydrogen (secondary N) is 1. The van der Waals surface area contributed by atoms with Gasteiger partial charge in [0.2, 0.25) is 5.91 Å². The predicted octanol–water partition coefficient (Wildman–Crippen LogP) is 3.52. The third-order valence-electron chi connectivity index (χ3n) is 5.00. The van der Waals surface area contributed by atoms with Gasteiger partial charge < -0.3 is 10.1 Å². The molecule has 1 N–H and O–H groups in total. The van der Waals surface area contributed by atoms with Gasteiger partial charge >= 0.3 is 0 Å². The van der Waals surface area contributed by atoms with Crippen molar-refractivity contribution in [1.29, 1.82) is 0 Å². The molecule has 2 heterocycles. The molecule has 150 valence electrons. The van der Waals surface area contributed by atoms with Crippen molar-refractivity contribution in [2.45, 2.75) is 32.7 Å². The maximum absolute atomic E-state index is 12.6. The van der Waals surface area contributed by atoms with Crippen molar-refractivity contribution in [2.75, 3.05) is 32.8 Å². The van der Waals surface area contributed by atoms with Gasteiger partial charge in [0.1, 0.15) is 0 Å². The SMILES string of the molecule is Cc1cc(C(=O)CCC(=O)NC(CN2CCOCC2)c2ccccc2)c(C)s1. The van der Waals surface area contributed by atoms with Crippen LogP contribution in [0.3, 0.4) is 0 Å². The molecule has 1 amide bonds. The van der Waals surface area contributed by atoms with Crippen LogP contribution in [0.4, 0.5) is 0 Å². The molecule has 0 radical (unpaired) electrons. The van der Waals surface area contributed by atoms with Gasteiger partial charge in [-0.2, -0.15) is 0 Å². The Morgan fingerprint density at radius 3 is 2.50 bits per heavy atom. The first kappa shape index (κ1) is 20.7. The number of aryl methyl sites for hydroxylation is 2. The number of rotatable bonds is 8. The van der Waals surface area contributed by atoms with Crippen LogP contribution in [-0.4, -0.2) is 49.4 Å². The monoisotopic (exact) mass is 400 g/mol. The van der Waals surface area contributed by atoms with Crippen molar-refractivity contribution in [3.05, 3.63) is 57.3 Å². The summed E-state index contributed by atoms with van der Waals surface area (Å²) in [5.74, 6) is -0.0403. The highest BCUT2D eigenvalue weighted by Gasteiger charge is 2.21. The fraction of sp³-hybridized carbons (Fsp3) is 0.455. The maximum Gasteiger partial charge on any atom is 0.220 e. The van der Waals surface area contributed by atoms with Gasteiger partial charge in [-0.15, -0.1) is 11.3 Å². The lowest BCUT2D eigenvalue weighted by molar-refractivity contribution is -0.122. The van der Waals surface area contributed by atoms with E-state index in [1.165, 1.54) is 0 Å². The van der Waals surface area contributed by atoms with Gasteiger partial charge in [-0.05, 0) is 25.5 Å². The highest BCUT2D eigenvalue weighted by atomic mass is 32.1. The summed E-state index contributed by atoms with van der Waals surface area (Å²) in [4.78, 5) is 29.5. The molecule has 0 spiro atoms. The molecule has 0 saturated carbocycles. The number of carbonyl (C=O) groups excluding carboxylic acids is 2. The van der Waals surface area contributed by atoms with Gasteiger partial charge in [0.15, 0.2) is 5.78 Å². The summed E-state index contributed by atoms with van der Waals surface area (Å²) in [6, 6.07) is 11.8. The van der Waals surface area contributed by atoms with Crippen LogP contribution in [0.25, 0.3) is 0 Å². The van der Waals surface area contributed by atoms with E-state index in [2.05, 4.69) is 10.2 Å². The average molecular weight is 401 g/mol. The first-order valence-electron chi connectivity index (χ1n) is 9.77. The highest BCUT2D eigenvalue weighted by molar-refractivity contribution is 7.12. The van der Waals surface area contributed by atoms with Crippen molar-refractivity contribution >= 4 is 23.0 Å². The van der Waals surface area contributed by atoms with Crippen LogP contribution in [-0.2, 0) is 9.53 Å². The maximum atomic E-state index is 12.6. The minimum absolute atomic E-state index is 0.0430. The van der Waals surface area contributed by atoms with E-state index in [0.29, 0.717) is 0 Å². The lowest BCUT2D eigenvalue weighted by Crippen LogP contribution is -2.43. The quantitative estimate of drug-likeness (QED) is 0.689. The van der Waals surface area contributed by atoms with E-state index < -0.39 is 0 Å². The Hall–Kier alpha value is -2.02. The van der Waals surface area contributed by atoms with Gasteiger partial charge in [0.05, 0.1) is 19.3 Å². The number of benzene rings is 1. The number of ether oxygens (including phenoxy) is 1. The van der Waals surface area contributed by atoms with E-state index in [1.54, 1.807) is 11.3 Å². The van der Waals surface area contributed by atoms with Crippen LogP contribution in [0.1, 0.15) is 44.6 Å². The Bertz CT molecular complexity index is 797. The molecule has 1 aromatic heterocycles. The molecule has 1 aliphatic heterocycles. The van der Waals surface area contributed by atoms with Crippen LogP contribution >= 0.6 is 11.3 Å². The van der Waals surface area contributed by atoms with Crippen LogP contribution < -0.4 is 5.32 Å². The Kier molecular flexibility index (Phi) is 7.36. The molecular formula is C22H28N2O3S. The smallest absolute Gasteiger partial charge is 0.220 e. The topological polar surface area (TPSA) is 58.6 Å². The molecule has 5 nitrogen and oxygen atoms in total. The second kappa shape index (κ2) is 9.96. The van der Waals surface area contributed by atoms with Crippen molar-refractivity contribution in [3.63, 3.8) is 0 Å². The number of hydrogen-bond acceptors (Lipinski definition) is 5. The number of hydrogen-bond donors (Lipinski definition) is 1. The fourth-order valence-electron chi connectivity index (χ4n) is 3.50. The second-order valence-corrected chi connectivity index (χ2v) is 8.65. The normalized spacial score (nSPS) is 15.9. The fourth-order valence-corrected chi connectivity index (χ4v) is 4.44. The predicted molar refractivity (Wildman–Crippen MR) is 112 cm³/mol. The summed E-state index contributed by atoms with van der Waals surface area (Å²) in [7, 11) is 0. The largest absolute Gasteiger partial charge is 0.379 e. The summed E-state index contributed by atoms with van der Waals surface area (Å²) in [5, 5.41) is 3.14. The van der Waals surface area contributed by atoms with E-state index in [9.17, 15) is 9.59 Å². The molecule has 2 aromatic rings. The number of ketones is 1. The Balaban J connectivity index is 1.59. The van der Waals surface area contributed by atoms with E-state index >= 15 is 0 Å². The third kappa shape index (κ3) is 5.74. The standard InChI is InChI=1S/C22H28N2O3S/c1-16-14-19(17(2)28-16)21(25)8-9-22(26)23-20(18-6-4-3-5-7-18)15-24-10-12-27-13-11-24/h3-7,14,20H,8-13,15H2,1-2H3,(H,23,26). The number of Topliss-reactive ketones (excluding diaryl/α,β-unsaturated/α-hetero) is 1. The van der Waals surface area contributed by atoms with Crippen molar-refractivity contribution in [1.82, 2.24) is 10.2 Å². The second-order valence-electron chi connectivity index (χ2n) is 7.19. The van der Waals surface area contributed by atoms with E-state index in [-0.39, 0.29) is 30.6 Å². The number of carbonyl (C=O) groups is 2. The number of thiophene rings is 1. The molecule has 6 heteroatoms. The van der Waals surface area contributed by atoms with Crippen LogP contribution in [0.15, 0.2) is 36.4 Å². The summed E-state index contributed by atoms with van der Waals surface area (Å²) >= 11 is 1.62. The lowest BCUT2D eigenvalue weighted by Gasteiger charge is -2.31. The number of amides is 1. The van der Waals surface area contributed by atoms with Crippen LogP contribution in [0.5, 0.6) is 0 Å². The molecule has 28 heavy (non-hydrogen) atoms. The van der Waals surface area contributed by atoms with E-state index in [4.69, 9.17) is 4.74 Å². The molecule has 1 unspecified atom stereocenters. The zero-order chi connectivity index (χ0) is 19.9. The van der Waals surface area contributed by atoms with Gasteiger partial charge in [-0.25, -0.2) is 0 Å². The van der Waals surface area contributed by atoms with Gasteiger partial charge in [0, 0.05) is 47.8 Å². The zero-order valence-electron chi connectivity index (χ0n) is 16.6. The first-order chi connectivity index (χ1) is 13.5. The minimum atomic E-state index is -0.0907. The summed E-state index contributed by atoms with van der Waals surface area (Å²) in [5.41, 5.74) is 1.83. The first-order valence-corrected chi connectivity index (χ1v) is 10.6. The molecule has 1 saturated heterocycles. The highest BCUT2D eigenvalue weighted by Crippen LogP contribution is 2.22. The average Bonchev–Trinajstić information content (AvgIpc) is 3.05. The lowest BCUT2D eigenvalue weighted by atomic mass is 10.0. The summed E-state index contributed by atoms with van der Waals surface area (Å²) in [6.45, 7) is 7.89. The Labute approximate surface area is 170 Å². The molecule has 0 aliphatic carbocycles. The van der Waals surface area contributed by atoms with Crippen molar-refractivity contribution in [2.24, 2.45) is 0 Å². The van der Waals surface area contributed by atoms with Crippen molar-refractivity contribution < 1.29 is 14.3 Å². The molecule has 3 rings (SSSR count). The van der Waals surface area contributed by atoms with E-state index in [1.807, 2.05) is 50.2 Å². The summed E-state index contributed by atoms with van der Waals surface area (Å²) < 4.78 is 5.42. The molecular weight excluding hydrogens is 372 g/mol. The Morgan fingerprint density at radius 2 is 1.86 bits per heavy atom. The molecule has 1 aliphatic rings. The van der Waals surface area contributed by atoms with E-state index in [0.717, 1.165) is 53.7 Å². The third-order valence-corrected chi connectivity index (χ3v) is 5.97. The zero-order valence-corrected chi connectivity index (χ0v) is 17.4. The molecule has 0 bridgehead atoms. The molecule has 1 fully saturated rings. The molecule has 1 atom stereocenters. The number of morpholine rings is 1. The van der Waals surface area contributed by atoms with Gasteiger partial charge in [0.25, 0.3) is 0 Å². The number of nitrogens with zero attached hydrogens (tertiary/aromatic N) is 1. The summed E-state index contributed by atoms with van der Waals surface area (Å²) in [6.07, 6.45) is 0.446. The molecule has 1 aromatic carbocycles. The van der Waals surface area contributed by atoms with Crippen LogP contribution in [0.2, 0.25) is 0 Å². The van der Waals surface area contributed by atoms with Gasteiger partial charge in [-0.1, -0.05) is 30.3 Å². The van der Waals surface area contributed by atoms with Gasteiger partial charge in [-0.3, -0.25) is 14.5 Å². The Morgan fingerprint density at radius 1 is 1.14 bits per heavy atom. The van der Waals surface area contributed by atoms with Crippen molar-refractivity contribution in [3.8, 4) is 0 Å². The van der Waals surface area contributed by atoms with Crippen LogP contribution in [0, 0.1) is 13.8 Å².